The maximum Gasteiger partial charge on any atom is 0.163 e. The first-order valence-electron chi connectivity index (χ1n) is 6.09. The number of methoxy groups -OCH3 is 1. The highest BCUT2D eigenvalue weighted by atomic mass is 79.9. The minimum Gasteiger partial charge on any atom is -0.486 e. The minimum absolute atomic E-state index is 0.286. The second-order valence-corrected chi connectivity index (χ2v) is 5.03. The van der Waals surface area contributed by atoms with E-state index in [1.165, 1.54) is 0 Å². The van der Waals surface area contributed by atoms with Crippen LogP contribution < -0.4 is 14.8 Å². The number of hydrogen-bond acceptors (Lipinski definition) is 4. The van der Waals surface area contributed by atoms with Crippen molar-refractivity contribution in [1.29, 1.82) is 0 Å². The van der Waals surface area contributed by atoms with Gasteiger partial charge in [-0.3, -0.25) is 0 Å². The predicted octanol–water partition coefficient (Wildman–Crippen LogP) is 3.06. The Kier molecular flexibility index (Phi) is 4.72. The van der Waals surface area contributed by atoms with Crippen LogP contribution in [0.15, 0.2) is 16.6 Å². The van der Waals surface area contributed by atoms with Gasteiger partial charge in [0.25, 0.3) is 0 Å². The third-order valence-electron chi connectivity index (χ3n) is 2.85. The summed E-state index contributed by atoms with van der Waals surface area (Å²) in [5.74, 6) is 1.58. The molecule has 2 rings (SSSR count). The van der Waals surface area contributed by atoms with E-state index in [-0.39, 0.29) is 6.04 Å². The van der Waals surface area contributed by atoms with Crippen LogP contribution in [0.1, 0.15) is 13.3 Å². The van der Waals surface area contributed by atoms with Crippen LogP contribution in [0.2, 0.25) is 0 Å². The molecule has 0 fully saturated rings. The molecule has 1 aliphatic heterocycles. The Morgan fingerprint density at radius 2 is 2.00 bits per heavy atom. The summed E-state index contributed by atoms with van der Waals surface area (Å²) in [6.45, 7) is 4.01. The third kappa shape index (κ3) is 3.09. The lowest BCUT2D eigenvalue weighted by Crippen LogP contribution is -2.24. The molecule has 0 aromatic heterocycles. The average molecular weight is 316 g/mol. The quantitative estimate of drug-likeness (QED) is 0.906. The van der Waals surface area contributed by atoms with Crippen LogP contribution in [0.25, 0.3) is 0 Å². The van der Waals surface area contributed by atoms with Gasteiger partial charge in [-0.2, -0.15) is 0 Å². The summed E-state index contributed by atoms with van der Waals surface area (Å²) < 4.78 is 17.3. The molecule has 5 heteroatoms. The molecule has 4 nitrogen and oxygen atoms in total. The van der Waals surface area contributed by atoms with Crippen molar-refractivity contribution in [1.82, 2.24) is 0 Å². The van der Waals surface area contributed by atoms with Crippen molar-refractivity contribution < 1.29 is 14.2 Å². The Morgan fingerprint density at radius 1 is 1.33 bits per heavy atom. The van der Waals surface area contributed by atoms with Gasteiger partial charge >= 0.3 is 0 Å². The fraction of sp³-hybridized carbons (Fsp3) is 0.538. The van der Waals surface area contributed by atoms with Crippen molar-refractivity contribution in [3.8, 4) is 11.5 Å². The van der Waals surface area contributed by atoms with Gasteiger partial charge < -0.3 is 19.5 Å². The van der Waals surface area contributed by atoms with Gasteiger partial charge in [0.2, 0.25) is 0 Å². The van der Waals surface area contributed by atoms with Crippen molar-refractivity contribution in [2.75, 3.05) is 32.2 Å². The lowest BCUT2D eigenvalue weighted by Gasteiger charge is -2.22. The van der Waals surface area contributed by atoms with E-state index in [2.05, 4.69) is 28.2 Å². The molecule has 0 bridgehead atoms. The second-order valence-electron chi connectivity index (χ2n) is 4.18. The van der Waals surface area contributed by atoms with Gasteiger partial charge in [0, 0.05) is 29.8 Å². The van der Waals surface area contributed by atoms with Crippen molar-refractivity contribution >= 4 is 21.6 Å². The lowest BCUT2D eigenvalue weighted by molar-refractivity contribution is 0.171. The van der Waals surface area contributed by atoms with Gasteiger partial charge in [-0.1, -0.05) is 6.92 Å². The summed E-state index contributed by atoms with van der Waals surface area (Å²) >= 11 is 3.55. The van der Waals surface area contributed by atoms with Crippen molar-refractivity contribution in [2.45, 2.75) is 19.4 Å². The zero-order valence-electron chi connectivity index (χ0n) is 10.7. The molecule has 0 saturated heterocycles. The molecule has 18 heavy (non-hydrogen) atoms. The summed E-state index contributed by atoms with van der Waals surface area (Å²) in [7, 11) is 1.71. The van der Waals surface area contributed by atoms with Gasteiger partial charge in [-0.25, -0.2) is 0 Å². The first kappa shape index (κ1) is 13.5. The van der Waals surface area contributed by atoms with Crippen LogP contribution in [-0.4, -0.2) is 33.0 Å². The second kappa shape index (κ2) is 6.29. The van der Waals surface area contributed by atoms with Crippen LogP contribution >= 0.6 is 15.9 Å². The number of rotatable bonds is 5. The molecule has 0 saturated carbocycles. The Morgan fingerprint density at radius 3 is 2.61 bits per heavy atom. The number of ether oxygens (including phenoxy) is 3. The van der Waals surface area contributed by atoms with Crippen LogP contribution in [-0.2, 0) is 4.74 Å². The number of nitrogens with one attached hydrogen (secondary N) is 1. The largest absolute Gasteiger partial charge is 0.486 e. The van der Waals surface area contributed by atoms with E-state index in [1.54, 1.807) is 7.11 Å². The normalized spacial score (nSPS) is 15.3. The molecule has 1 heterocycles. The van der Waals surface area contributed by atoms with Gasteiger partial charge in [0.1, 0.15) is 13.2 Å². The Balaban J connectivity index is 2.17. The first-order valence-corrected chi connectivity index (χ1v) is 6.88. The Labute approximate surface area is 116 Å². The van der Waals surface area contributed by atoms with Gasteiger partial charge in [-0.05, 0) is 22.4 Å². The maximum atomic E-state index is 5.58. The van der Waals surface area contributed by atoms with Crippen molar-refractivity contribution in [3.05, 3.63) is 16.6 Å². The monoisotopic (exact) mass is 315 g/mol. The molecule has 100 valence electrons. The highest BCUT2D eigenvalue weighted by molar-refractivity contribution is 9.10. The van der Waals surface area contributed by atoms with Crippen LogP contribution in [0, 0.1) is 0 Å². The van der Waals surface area contributed by atoms with E-state index < -0.39 is 0 Å². The van der Waals surface area contributed by atoms with Gasteiger partial charge in [0.15, 0.2) is 11.5 Å². The Bertz CT molecular complexity index is 411. The summed E-state index contributed by atoms with van der Waals surface area (Å²) in [5.41, 5.74) is 1.00. The Hall–Kier alpha value is -0.940. The summed E-state index contributed by atoms with van der Waals surface area (Å²) in [6.07, 6.45) is 0.995. The fourth-order valence-electron chi connectivity index (χ4n) is 1.86. The summed E-state index contributed by atoms with van der Waals surface area (Å²) in [5, 5.41) is 3.44. The number of hydrogen-bond donors (Lipinski definition) is 1. The molecule has 1 aliphatic rings. The molecule has 0 radical (unpaired) electrons. The summed E-state index contributed by atoms with van der Waals surface area (Å²) in [6, 6.07) is 4.20. The van der Waals surface area contributed by atoms with Gasteiger partial charge in [-0.15, -0.1) is 0 Å². The van der Waals surface area contributed by atoms with E-state index in [4.69, 9.17) is 14.2 Å². The molecular weight excluding hydrogens is 298 g/mol. The molecule has 1 atom stereocenters. The average Bonchev–Trinajstić information content (AvgIpc) is 2.39. The van der Waals surface area contributed by atoms with Crippen LogP contribution in [0.5, 0.6) is 11.5 Å². The predicted molar refractivity (Wildman–Crippen MR) is 74.7 cm³/mol. The molecule has 1 aromatic carbocycles. The first-order chi connectivity index (χ1) is 8.74. The number of fused-ring (bicyclic) bond motifs is 1. The highest BCUT2D eigenvalue weighted by Crippen LogP contribution is 2.38. The molecular formula is C13H18BrNO3. The van der Waals surface area contributed by atoms with E-state index in [1.807, 2.05) is 12.1 Å². The lowest BCUT2D eigenvalue weighted by atomic mass is 10.2. The maximum absolute atomic E-state index is 5.58. The van der Waals surface area contributed by atoms with Crippen LogP contribution in [0.4, 0.5) is 5.69 Å². The van der Waals surface area contributed by atoms with Crippen molar-refractivity contribution in [3.63, 3.8) is 0 Å². The molecule has 1 N–H and O–H groups in total. The summed E-state index contributed by atoms with van der Waals surface area (Å²) in [4.78, 5) is 0. The van der Waals surface area contributed by atoms with E-state index in [0.717, 1.165) is 28.1 Å². The highest BCUT2D eigenvalue weighted by Gasteiger charge is 2.16. The van der Waals surface area contributed by atoms with Crippen LogP contribution in [0.3, 0.4) is 0 Å². The zero-order valence-corrected chi connectivity index (χ0v) is 12.2. The molecule has 1 aromatic rings. The number of halogens is 1. The SMILES string of the molecule is CCC(COC)Nc1cc2c(cc1Br)OCCO2. The minimum atomic E-state index is 0.286. The van der Waals surface area contributed by atoms with E-state index in [0.29, 0.717) is 19.8 Å². The topological polar surface area (TPSA) is 39.7 Å². The standard InChI is InChI=1S/C13H18BrNO3/c1-3-9(8-16-2)15-11-7-13-12(6-10(11)14)17-4-5-18-13/h6-7,9,15H,3-5,8H2,1-2H3. The smallest absolute Gasteiger partial charge is 0.163 e. The van der Waals surface area contributed by atoms with Gasteiger partial charge in [0.05, 0.1) is 12.3 Å². The number of anilines is 1. The fourth-order valence-corrected chi connectivity index (χ4v) is 2.29. The zero-order chi connectivity index (χ0) is 13.0. The molecule has 1 unspecified atom stereocenters. The number of benzene rings is 1. The molecule has 0 aliphatic carbocycles. The molecule has 0 spiro atoms. The van der Waals surface area contributed by atoms with Crippen molar-refractivity contribution in [2.24, 2.45) is 0 Å². The molecule has 0 amide bonds. The third-order valence-corrected chi connectivity index (χ3v) is 3.51. The van der Waals surface area contributed by atoms with E-state index in [9.17, 15) is 0 Å². The van der Waals surface area contributed by atoms with E-state index >= 15 is 0 Å².